The minimum absolute atomic E-state index is 0.115. The molecule has 4 nitrogen and oxygen atoms in total. The van der Waals surface area contributed by atoms with Gasteiger partial charge in [-0.1, -0.05) is 0 Å². The first-order valence-corrected chi connectivity index (χ1v) is 6.76. The number of hydrogen-bond acceptors (Lipinski definition) is 3. The molecule has 0 heterocycles. The fraction of sp³-hybridized carbons (Fsp3) is 0.923. The average Bonchev–Trinajstić information content (AvgIpc) is 3.04. The second-order valence-corrected chi connectivity index (χ2v) is 5.43. The van der Waals surface area contributed by atoms with Crippen LogP contribution in [-0.4, -0.2) is 48.6 Å². The highest BCUT2D eigenvalue weighted by Gasteiger charge is 2.21. The largest absolute Gasteiger partial charge is 0.354 e. The van der Waals surface area contributed by atoms with Gasteiger partial charge in [-0.25, -0.2) is 0 Å². The zero-order valence-electron chi connectivity index (χ0n) is 11.6. The maximum Gasteiger partial charge on any atom is 0.234 e. The minimum Gasteiger partial charge on any atom is -0.354 e. The Balaban J connectivity index is 2.09. The van der Waals surface area contributed by atoms with Crippen LogP contribution < -0.4 is 10.6 Å². The van der Waals surface area contributed by atoms with Crippen LogP contribution in [0.3, 0.4) is 0 Å². The molecule has 1 aliphatic rings. The molecule has 0 aromatic carbocycles. The molecule has 1 fully saturated rings. The maximum atomic E-state index is 11.5. The number of rotatable bonds is 8. The van der Waals surface area contributed by atoms with Crippen LogP contribution in [0.4, 0.5) is 0 Å². The van der Waals surface area contributed by atoms with E-state index in [1.807, 2.05) is 0 Å². The van der Waals surface area contributed by atoms with Gasteiger partial charge in [0.05, 0.1) is 6.54 Å². The van der Waals surface area contributed by atoms with E-state index in [9.17, 15) is 4.79 Å². The zero-order valence-corrected chi connectivity index (χ0v) is 11.6. The van der Waals surface area contributed by atoms with Crippen LogP contribution in [0.15, 0.2) is 0 Å². The van der Waals surface area contributed by atoms with Crippen LogP contribution in [0, 0.1) is 0 Å². The highest BCUT2D eigenvalue weighted by Crippen LogP contribution is 2.17. The Morgan fingerprint density at radius 3 is 2.29 bits per heavy atom. The van der Waals surface area contributed by atoms with Gasteiger partial charge < -0.3 is 10.6 Å². The van der Waals surface area contributed by atoms with E-state index >= 15 is 0 Å². The van der Waals surface area contributed by atoms with E-state index in [0.717, 1.165) is 13.1 Å². The van der Waals surface area contributed by atoms with E-state index in [1.54, 1.807) is 0 Å². The van der Waals surface area contributed by atoms with Crippen LogP contribution in [0.2, 0.25) is 0 Å². The van der Waals surface area contributed by atoms with Gasteiger partial charge in [-0.05, 0) is 40.5 Å². The molecule has 0 aromatic rings. The number of nitrogens with one attached hydrogen (secondary N) is 2. The molecule has 4 heteroatoms. The summed E-state index contributed by atoms with van der Waals surface area (Å²) in [5.74, 6) is 0.115. The number of carbonyl (C=O) groups is 1. The first-order chi connectivity index (χ1) is 8.00. The van der Waals surface area contributed by atoms with Gasteiger partial charge in [0.15, 0.2) is 0 Å². The summed E-state index contributed by atoms with van der Waals surface area (Å²) in [4.78, 5) is 13.9. The molecule has 2 N–H and O–H groups in total. The third-order valence-electron chi connectivity index (χ3n) is 3.15. The first-order valence-electron chi connectivity index (χ1n) is 6.76. The Kier molecular flexibility index (Phi) is 5.92. The van der Waals surface area contributed by atoms with Gasteiger partial charge in [-0.15, -0.1) is 0 Å². The molecule has 100 valence electrons. The monoisotopic (exact) mass is 241 g/mol. The molecule has 0 bridgehead atoms. The number of carbonyl (C=O) groups excluding carboxylic acids is 1. The second-order valence-electron chi connectivity index (χ2n) is 5.43. The van der Waals surface area contributed by atoms with Crippen molar-refractivity contribution in [3.63, 3.8) is 0 Å². The van der Waals surface area contributed by atoms with Gasteiger partial charge in [0, 0.05) is 31.2 Å². The molecule has 0 spiro atoms. The topological polar surface area (TPSA) is 44.4 Å². The fourth-order valence-electron chi connectivity index (χ4n) is 2.02. The molecular formula is C13H27N3O. The quantitative estimate of drug-likeness (QED) is 0.665. The van der Waals surface area contributed by atoms with Crippen LogP contribution in [-0.2, 0) is 4.79 Å². The maximum absolute atomic E-state index is 11.5. The molecule has 0 aliphatic heterocycles. The zero-order chi connectivity index (χ0) is 12.8. The van der Waals surface area contributed by atoms with Gasteiger partial charge in [0.1, 0.15) is 0 Å². The first kappa shape index (κ1) is 14.5. The van der Waals surface area contributed by atoms with Crippen molar-refractivity contribution in [2.75, 3.05) is 19.6 Å². The van der Waals surface area contributed by atoms with Gasteiger partial charge >= 0.3 is 0 Å². The van der Waals surface area contributed by atoms with Crippen LogP contribution in [0.1, 0.15) is 40.5 Å². The van der Waals surface area contributed by atoms with E-state index in [-0.39, 0.29) is 5.91 Å². The lowest BCUT2D eigenvalue weighted by Crippen LogP contribution is -2.44. The molecule has 0 radical (unpaired) electrons. The average molecular weight is 241 g/mol. The van der Waals surface area contributed by atoms with Crippen LogP contribution in [0.25, 0.3) is 0 Å². The van der Waals surface area contributed by atoms with Crippen molar-refractivity contribution in [2.45, 2.75) is 58.7 Å². The molecule has 1 rings (SSSR count). The predicted octanol–water partition coefficient (Wildman–Crippen LogP) is 0.973. The van der Waals surface area contributed by atoms with Crippen molar-refractivity contribution in [1.82, 2.24) is 15.5 Å². The smallest absolute Gasteiger partial charge is 0.234 e. The number of hydrogen-bond donors (Lipinski definition) is 2. The Labute approximate surface area is 105 Å². The lowest BCUT2D eigenvalue weighted by Gasteiger charge is -2.30. The van der Waals surface area contributed by atoms with Gasteiger partial charge in [0.2, 0.25) is 5.91 Å². The lowest BCUT2D eigenvalue weighted by atomic mass is 10.2. The summed E-state index contributed by atoms with van der Waals surface area (Å²) in [6, 6.07) is 1.65. The molecule has 1 saturated carbocycles. The molecule has 0 aromatic heterocycles. The van der Waals surface area contributed by atoms with Crippen molar-refractivity contribution < 1.29 is 4.79 Å². The van der Waals surface area contributed by atoms with E-state index < -0.39 is 0 Å². The predicted molar refractivity (Wildman–Crippen MR) is 71.0 cm³/mol. The fourth-order valence-corrected chi connectivity index (χ4v) is 2.02. The summed E-state index contributed by atoms with van der Waals surface area (Å²) in [5.41, 5.74) is 0. The second kappa shape index (κ2) is 6.97. The summed E-state index contributed by atoms with van der Waals surface area (Å²) in [6.45, 7) is 10.9. The summed E-state index contributed by atoms with van der Waals surface area (Å²) in [5, 5.41) is 6.18. The Morgan fingerprint density at radius 2 is 1.82 bits per heavy atom. The third-order valence-corrected chi connectivity index (χ3v) is 3.15. The highest BCUT2D eigenvalue weighted by atomic mass is 16.1. The summed E-state index contributed by atoms with van der Waals surface area (Å²) >= 11 is 0. The molecule has 0 unspecified atom stereocenters. The van der Waals surface area contributed by atoms with Crippen molar-refractivity contribution in [1.29, 1.82) is 0 Å². The summed E-state index contributed by atoms with van der Waals surface area (Å²) in [6.07, 6.45) is 2.45. The standard InChI is InChI=1S/C13H27N3O/c1-10(2)16(11(3)4)8-7-14-13(17)9-15-12-5-6-12/h10-12,15H,5-9H2,1-4H3,(H,14,17). The molecular weight excluding hydrogens is 214 g/mol. The van der Waals surface area contributed by atoms with Gasteiger partial charge in [-0.2, -0.15) is 0 Å². The van der Waals surface area contributed by atoms with E-state index in [2.05, 4.69) is 43.2 Å². The Morgan fingerprint density at radius 1 is 1.24 bits per heavy atom. The highest BCUT2D eigenvalue weighted by molar-refractivity contribution is 5.78. The van der Waals surface area contributed by atoms with Gasteiger partial charge in [0.25, 0.3) is 0 Å². The molecule has 1 aliphatic carbocycles. The van der Waals surface area contributed by atoms with Crippen molar-refractivity contribution in [3.05, 3.63) is 0 Å². The third kappa shape index (κ3) is 6.03. The minimum atomic E-state index is 0.115. The number of nitrogens with zero attached hydrogens (tertiary/aromatic N) is 1. The Bertz CT molecular complexity index is 229. The molecule has 1 amide bonds. The van der Waals surface area contributed by atoms with Gasteiger partial charge in [-0.3, -0.25) is 9.69 Å². The molecule has 0 saturated heterocycles. The van der Waals surface area contributed by atoms with Crippen LogP contribution >= 0.6 is 0 Å². The lowest BCUT2D eigenvalue weighted by molar-refractivity contribution is -0.120. The summed E-state index contributed by atoms with van der Waals surface area (Å²) < 4.78 is 0. The summed E-state index contributed by atoms with van der Waals surface area (Å²) in [7, 11) is 0. The SMILES string of the molecule is CC(C)N(CCNC(=O)CNC1CC1)C(C)C. The van der Waals surface area contributed by atoms with Crippen molar-refractivity contribution >= 4 is 5.91 Å². The molecule has 0 atom stereocenters. The van der Waals surface area contributed by atoms with Crippen molar-refractivity contribution in [3.8, 4) is 0 Å². The van der Waals surface area contributed by atoms with E-state index in [4.69, 9.17) is 0 Å². The van der Waals surface area contributed by atoms with Crippen molar-refractivity contribution in [2.24, 2.45) is 0 Å². The molecule has 17 heavy (non-hydrogen) atoms. The van der Waals surface area contributed by atoms with Crippen LogP contribution in [0.5, 0.6) is 0 Å². The number of amides is 1. The van der Waals surface area contributed by atoms with E-state index in [0.29, 0.717) is 24.7 Å². The normalized spacial score (nSPS) is 15.9. The Hall–Kier alpha value is -0.610. The van der Waals surface area contributed by atoms with E-state index in [1.165, 1.54) is 12.8 Å².